The molecule has 1 saturated heterocycles. The molecule has 5 nitrogen and oxygen atoms in total. The second-order valence-corrected chi connectivity index (χ2v) is 7.74. The summed E-state index contributed by atoms with van der Waals surface area (Å²) >= 11 is 0. The standard InChI is InChI=1S/C21H25F3N4O/c1-15-18-5-4-10-27(18)11-12-28(15)14-20(29)25-17-13-16(21(22,23)24)6-7-19(17)26-8-2-3-9-26/h4-7,10,13,15H,2-3,8-9,11-12,14H2,1H3,(H,25,29)/t15-/m1/s1. The van der Waals surface area contributed by atoms with Gasteiger partial charge in [-0.05, 0) is 50.1 Å². The maximum absolute atomic E-state index is 13.2. The number of nitrogens with zero attached hydrogens (tertiary/aromatic N) is 3. The van der Waals surface area contributed by atoms with Crippen LogP contribution in [0, 0.1) is 0 Å². The van der Waals surface area contributed by atoms with E-state index in [9.17, 15) is 18.0 Å². The number of nitrogens with one attached hydrogen (secondary N) is 1. The summed E-state index contributed by atoms with van der Waals surface area (Å²) in [6.45, 7) is 5.27. The van der Waals surface area contributed by atoms with E-state index in [0.29, 0.717) is 5.69 Å². The van der Waals surface area contributed by atoms with Gasteiger partial charge in [0.15, 0.2) is 0 Å². The number of hydrogen-bond donors (Lipinski definition) is 1. The molecular weight excluding hydrogens is 381 g/mol. The maximum Gasteiger partial charge on any atom is 0.416 e. The predicted octanol–water partition coefficient (Wildman–Crippen LogP) is 4.12. The molecule has 29 heavy (non-hydrogen) atoms. The highest BCUT2D eigenvalue weighted by molar-refractivity contribution is 5.96. The second kappa shape index (κ2) is 7.74. The number of aromatic nitrogens is 1. The third kappa shape index (κ3) is 4.12. The van der Waals surface area contributed by atoms with E-state index >= 15 is 0 Å². The molecule has 0 saturated carbocycles. The van der Waals surface area contributed by atoms with Crippen LogP contribution >= 0.6 is 0 Å². The van der Waals surface area contributed by atoms with Crippen LogP contribution in [0.3, 0.4) is 0 Å². The highest BCUT2D eigenvalue weighted by Gasteiger charge is 2.32. The molecule has 1 atom stereocenters. The van der Waals surface area contributed by atoms with Crippen LogP contribution < -0.4 is 10.2 Å². The predicted molar refractivity (Wildman–Crippen MR) is 106 cm³/mol. The molecule has 0 aliphatic carbocycles. The number of halogens is 3. The van der Waals surface area contributed by atoms with Gasteiger partial charge in [-0.1, -0.05) is 0 Å². The lowest BCUT2D eigenvalue weighted by atomic mass is 10.1. The number of alkyl halides is 3. The van der Waals surface area contributed by atoms with Gasteiger partial charge in [0.2, 0.25) is 5.91 Å². The minimum Gasteiger partial charge on any atom is -0.370 e. The van der Waals surface area contributed by atoms with Crippen molar-refractivity contribution in [1.82, 2.24) is 9.47 Å². The van der Waals surface area contributed by atoms with Crippen molar-refractivity contribution in [3.05, 3.63) is 47.8 Å². The molecule has 2 aliphatic rings. The normalized spacial score (nSPS) is 20.0. The first-order chi connectivity index (χ1) is 13.8. The number of amides is 1. The number of carbonyl (C=O) groups is 1. The van der Waals surface area contributed by atoms with E-state index in [0.717, 1.165) is 56.8 Å². The van der Waals surface area contributed by atoms with Gasteiger partial charge in [-0.3, -0.25) is 9.69 Å². The highest BCUT2D eigenvalue weighted by atomic mass is 19.4. The van der Waals surface area contributed by atoms with Crippen LogP contribution in [0.2, 0.25) is 0 Å². The summed E-state index contributed by atoms with van der Waals surface area (Å²) in [4.78, 5) is 16.8. The minimum absolute atomic E-state index is 0.0732. The molecule has 1 aromatic carbocycles. The number of fused-ring (bicyclic) bond motifs is 1. The number of hydrogen-bond acceptors (Lipinski definition) is 3. The summed E-state index contributed by atoms with van der Waals surface area (Å²) in [5.41, 5.74) is 1.28. The monoisotopic (exact) mass is 406 g/mol. The van der Waals surface area contributed by atoms with Gasteiger partial charge in [0, 0.05) is 44.1 Å². The Kier molecular flexibility index (Phi) is 5.29. The number of carbonyl (C=O) groups excluding carboxylic acids is 1. The van der Waals surface area contributed by atoms with Crippen molar-refractivity contribution in [3.8, 4) is 0 Å². The third-order valence-corrected chi connectivity index (χ3v) is 5.86. The molecule has 0 bridgehead atoms. The van der Waals surface area contributed by atoms with Crippen LogP contribution in [0.4, 0.5) is 24.5 Å². The lowest BCUT2D eigenvalue weighted by Gasteiger charge is -2.34. The Morgan fingerprint density at radius 1 is 1.14 bits per heavy atom. The summed E-state index contributed by atoms with van der Waals surface area (Å²) in [7, 11) is 0. The summed E-state index contributed by atoms with van der Waals surface area (Å²) in [5, 5.41) is 2.76. The van der Waals surface area contributed by atoms with Gasteiger partial charge in [0.05, 0.1) is 23.5 Å². The maximum atomic E-state index is 13.2. The summed E-state index contributed by atoms with van der Waals surface area (Å²) < 4.78 is 41.8. The zero-order chi connectivity index (χ0) is 20.6. The van der Waals surface area contributed by atoms with Gasteiger partial charge in [0.25, 0.3) is 0 Å². The molecule has 2 aliphatic heterocycles. The topological polar surface area (TPSA) is 40.5 Å². The Morgan fingerprint density at radius 3 is 2.62 bits per heavy atom. The van der Waals surface area contributed by atoms with E-state index in [2.05, 4.69) is 9.88 Å². The Balaban J connectivity index is 1.52. The van der Waals surface area contributed by atoms with E-state index in [1.807, 2.05) is 35.1 Å². The van der Waals surface area contributed by atoms with Crippen LogP contribution in [-0.4, -0.2) is 41.6 Å². The average Bonchev–Trinajstić information content (AvgIpc) is 3.35. The van der Waals surface area contributed by atoms with Crippen molar-refractivity contribution in [1.29, 1.82) is 0 Å². The zero-order valence-electron chi connectivity index (χ0n) is 16.4. The van der Waals surface area contributed by atoms with Gasteiger partial charge in [0.1, 0.15) is 0 Å². The zero-order valence-corrected chi connectivity index (χ0v) is 16.4. The van der Waals surface area contributed by atoms with Crippen LogP contribution in [0.1, 0.15) is 37.1 Å². The Hall–Kier alpha value is -2.48. The van der Waals surface area contributed by atoms with E-state index in [4.69, 9.17) is 0 Å². The highest BCUT2D eigenvalue weighted by Crippen LogP contribution is 2.36. The average molecular weight is 406 g/mol. The molecule has 1 amide bonds. The summed E-state index contributed by atoms with van der Waals surface area (Å²) in [6, 6.07) is 7.71. The molecule has 3 heterocycles. The number of rotatable bonds is 4. The van der Waals surface area contributed by atoms with Crippen LogP contribution in [0.15, 0.2) is 36.5 Å². The molecule has 1 fully saturated rings. The van der Waals surface area contributed by atoms with Crippen molar-refractivity contribution >= 4 is 17.3 Å². The Bertz CT molecular complexity index is 886. The van der Waals surface area contributed by atoms with Gasteiger partial charge in [-0.2, -0.15) is 13.2 Å². The first kappa shape index (κ1) is 19.8. The van der Waals surface area contributed by atoms with Crippen LogP contribution in [-0.2, 0) is 17.5 Å². The van der Waals surface area contributed by atoms with Crippen molar-refractivity contribution < 1.29 is 18.0 Å². The fourth-order valence-electron chi connectivity index (χ4n) is 4.26. The molecule has 0 unspecified atom stereocenters. The minimum atomic E-state index is -4.45. The van der Waals surface area contributed by atoms with Crippen molar-refractivity contribution in [3.63, 3.8) is 0 Å². The van der Waals surface area contributed by atoms with Gasteiger partial charge < -0.3 is 14.8 Å². The van der Waals surface area contributed by atoms with Crippen molar-refractivity contribution in [2.45, 2.75) is 38.5 Å². The Morgan fingerprint density at radius 2 is 1.90 bits per heavy atom. The molecule has 8 heteroatoms. The van der Waals surface area contributed by atoms with E-state index in [1.54, 1.807) is 0 Å². The molecule has 1 N–H and O–H groups in total. The Labute approximate surface area is 168 Å². The smallest absolute Gasteiger partial charge is 0.370 e. The fraction of sp³-hybridized carbons (Fsp3) is 0.476. The molecule has 2 aromatic rings. The van der Waals surface area contributed by atoms with E-state index < -0.39 is 11.7 Å². The SMILES string of the molecule is C[C@@H]1c2cccn2CCN1CC(=O)Nc1cc(C(F)(F)F)ccc1N1CCCC1. The van der Waals surface area contributed by atoms with Crippen LogP contribution in [0.5, 0.6) is 0 Å². The van der Waals surface area contributed by atoms with E-state index in [1.165, 1.54) is 6.07 Å². The second-order valence-electron chi connectivity index (χ2n) is 7.74. The van der Waals surface area contributed by atoms with Gasteiger partial charge >= 0.3 is 6.18 Å². The van der Waals surface area contributed by atoms with Crippen LogP contribution in [0.25, 0.3) is 0 Å². The van der Waals surface area contributed by atoms with Gasteiger partial charge in [-0.25, -0.2) is 0 Å². The molecule has 1 aromatic heterocycles. The molecule has 0 spiro atoms. The van der Waals surface area contributed by atoms with Crippen molar-refractivity contribution in [2.24, 2.45) is 0 Å². The quantitative estimate of drug-likeness (QED) is 0.830. The third-order valence-electron chi connectivity index (χ3n) is 5.86. The summed E-state index contributed by atoms with van der Waals surface area (Å²) in [6.07, 6.45) is -0.428. The number of anilines is 2. The number of benzene rings is 1. The first-order valence-electron chi connectivity index (χ1n) is 9.98. The molecule has 156 valence electrons. The lowest BCUT2D eigenvalue weighted by molar-refractivity contribution is -0.137. The van der Waals surface area contributed by atoms with Gasteiger partial charge in [-0.15, -0.1) is 0 Å². The van der Waals surface area contributed by atoms with E-state index in [-0.39, 0.29) is 24.2 Å². The molecular formula is C21H25F3N4O. The molecule has 0 radical (unpaired) electrons. The molecule has 4 rings (SSSR count). The first-order valence-corrected chi connectivity index (χ1v) is 9.98. The largest absolute Gasteiger partial charge is 0.416 e. The van der Waals surface area contributed by atoms with Crippen molar-refractivity contribution in [2.75, 3.05) is 36.4 Å². The fourth-order valence-corrected chi connectivity index (χ4v) is 4.26. The summed E-state index contributed by atoms with van der Waals surface area (Å²) in [5.74, 6) is -0.295. The lowest BCUT2D eigenvalue weighted by Crippen LogP contribution is -2.41.